The Hall–Kier alpha value is -1.84. The SMILES string of the molecule is Cc1cn([C@@H]2C[C@H](O)[C@H](CO)O2)c(=O)n2nnnc12. The van der Waals surface area contributed by atoms with Crippen molar-refractivity contribution in [3.05, 3.63) is 22.2 Å². The molecule has 0 bridgehead atoms. The lowest BCUT2D eigenvalue weighted by molar-refractivity contribution is -0.0461. The van der Waals surface area contributed by atoms with E-state index >= 15 is 0 Å². The second-order valence-corrected chi connectivity index (χ2v) is 4.53. The molecule has 0 unspecified atom stereocenters. The molecule has 9 heteroatoms. The number of rotatable bonds is 2. The molecule has 0 spiro atoms. The van der Waals surface area contributed by atoms with Crippen LogP contribution in [0, 0.1) is 6.92 Å². The lowest BCUT2D eigenvalue weighted by Gasteiger charge is -2.15. The summed E-state index contributed by atoms with van der Waals surface area (Å²) < 4.78 is 7.86. The zero-order valence-corrected chi connectivity index (χ0v) is 10.2. The van der Waals surface area contributed by atoms with E-state index in [1.54, 1.807) is 13.1 Å². The van der Waals surface area contributed by atoms with Gasteiger partial charge < -0.3 is 14.9 Å². The van der Waals surface area contributed by atoms with Crippen LogP contribution in [0.3, 0.4) is 0 Å². The molecule has 9 nitrogen and oxygen atoms in total. The molecule has 19 heavy (non-hydrogen) atoms. The van der Waals surface area contributed by atoms with Gasteiger partial charge in [0.1, 0.15) is 12.3 Å². The van der Waals surface area contributed by atoms with E-state index in [-0.39, 0.29) is 13.0 Å². The standard InChI is InChI=1S/C10H13N5O4/c1-5-3-14(8-2-6(17)7(4-16)19-8)10(18)15-9(5)11-12-13-15/h3,6-8,16-17H,2,4H2,1H3/t6-,7-,8-/m0/s1. The summed E-state index contributed by atoms with van der Waals surface area (Å²) in [5.41, 5.74) is 0.662. The van der Waals surface area contributed by atoms with Crippen molar-refractivity contribution in [1.29, 1.82) is 0 Å². The quantitative estimate of drug-likeness (QED) is 0.662. The maximum absolute atomic E-state index is 12.2. The summed E-state index contributed by atoms with van der Waals surface area (Å²) in [7, 11) is 0. The Labute approximate surface area is 107 Å². The molecule has 0 radical (unpaired) electrons. The number of fused-ring (bicyclic) bond motifs is 1. The molecular formula is C10H13N5O4. The molecule has 3 atom stereocenters. The first-order valence-corrected chi connectivity index (χ1v) is 5.86. The predicted octanol–water partition coefficient (Wildman–Crippen LogP) is -1.76. The summed E-state index contributed by atoms with van der Waals surface area (Å²) in [4.78, 5) is 12.2. The third kappa shape index (κ3) is 1.82. The second kappa shape index (κ2) is 4.37. The van der Waals surface area contributed by atoms with Gasteiger partial charge in [-0.2, -0.15) is 0 Å². The van der Waals surface area contributed by atoms with Crippen molar-refractivity contribution >= 4 is 5.65 Å². The molecule has 3 heterocycles. The van der Waals surface area contributed by atoms with Crippen LogP contribution in [-0.2, 0) is 4.74 Å². The number of aryl methyl sites for hydroxylation is 1. The van der Waals surface area contributed by atoms with Gasteiger partial charge in [0.05, 0.1) is 12.7 Å². The smallest absolute Gasteiger partial charge is 0.354 e. The largest absolute Gasteiger partial charge is 0.394 e. The van der Waals surface area contributed by atoms with Gasteiger partial charge in [-0.3, -0.25) is 4.57 Å². The summed E-state index contributed by atoms with van der Waals surface area (Å²) in [5.74, 6) is 0. The molecule has 1 fully saturated rings. The Morgan fingerprint density at radius 1 is 1.58 bits per heavy atom. The van der Waals surface area contributed by atoms with Crippen LogP contribution in [0.5, 0.6) is 0 Å². The molecule has 2 aromatic heterocycles. The summed E-state index contributed by atoms with van der Waals surface area (Å²) >= 11 is 0. The summed E-state index contributed by atoms with van der Waals surface area (Å²) in [6, 6.07) is 0. The molecule has 0 amide bonds. The normalized spacial score (nSPS) is 27.2. The minimum Gasteiger partial charge on any atom is -0.394 e. The molecule has 2 aromatic rings. The number of tetrazole rings is 1. The van der Waals surface area contributed by atoms with Crippen LogP contribution < -0.4 is 5.69 Å². The summed E-state index contributed by atoms with van der Waals surface area (Å²) in [6.45, 7) is 1.48. The first-order valence-electron chi connectivity index (χ1n) is 5.86. The fourth-order valence-corrected chi connectivity index (χ4v) is 2.25. The Balaban J connectivity index is 2.07. The van der Waals surface area contributed by atoms with Gasteiger partial charge in [-0.25, -0.2) is 4.79 Å². The Morgan fingerprint density at radius 2 is 2.37 bits per heavy atom. The summed E-state index contributed by atoms with van der Waals surface area (Å²) in [6.07, 6.45) is -0.288. The van der Waals surface area contributed by atoms with Gasteiger partial charge in [0.25, 0.3) is 0 Å². The van der Waals surface area contributed by atoms with Crippen LogP contribution in [0.2, 0.25) is 0 Å². The fraction of sp³-hybridized carbons (Fsp3) is 0.600. The number of aliphatic hydroxyl groups excluding tert-OH is 2. The van der Waals surface area contributed by atoms with Gasteiger partial charge in [-0.05, 0) is 17.4 Å². The molecule has 1 aliphatic rings. The highest BCUT2D eigenvalue weighted by atomic mass is 16.5. The van der Waals surface area contributed by atoms with Crippen LogP contribution >= 0.6 is 0 Å². The number of nitrogens with zero attached hydrogens (tertiary/aromatic N) is 5. The number of aromatic nitrogens is 5. The van der Waals surface area contributed by atoms with Gasteiger partial charge in [0, 0.05) is 18.2 Å². The molecule has 0 saturated carbocycles. The monoisotopic (exact) mass is 267 g/mol. The number of hydrogen-bond acceptors (Lipinski definition) is 7. The zero-order valence-electron chi connectivity index (χ0n) is 10.2. The molecule has 0 aliphatic carbocycles. The average Bonchev–Trinajstić information content (AvgIpc) is 3.00. The first kappa shape index (κ1) is 12.2. The van der Waals surface area contributed by atoms with Gasteiger partial charge in [0.15, 0.2) is 5.65 Å². The molecule has 0 aromatic carbocycles. The van der Waals surface area contributed by atoms with E-state index in [2.05, 4.69) is 15.5 Å². The Morgan fingerprint density at radius 3 is 3.05 bits per heavy atom. The molecule has 2 N–H and O–H groups in total. The number of aliphatic hydroxyl groups is 2. The molecular weight excluding hydrogens is 254 g/mol. The van der Waals surface area contributed by atoms with E-state index in [4.69, 9.17) is 9.84 Å². The minimum absolute atomic E-state index is 0.234. The third-order valence-electron chi connectivity index (χ3n) is 3.25. The number of ether oxygens (including phenoxy) is 1. The second-order valence-electron chi connectivity index (χ2n) is 4.53. The average molecular weight is 267 g/mol. The maximum Gasteiger partial charge on any atom is 0.354 e. The first-order chi connectivity index (χ1) is 9.11. The zero-order chi connectivity index (χ0) is 13.6. The van der Waals surface area contributed by atoms with E-state index in [1.165, 1.54) is 4.57 Å². The van der Waals surface area contributed by atoms with Crippen molar-refractivity contribution in [1.82, 2.24) is 24.6 Å². The van der Waals surface area contributed by atoms with E-state index in [0.29, 0.717) is 5.65 Å². The fourth-order valence-electron chi connectivity index (χ4n) is 2.25. The molecule has 102 valence electrons. The molecule has 1 saturated heterocycles. The van der Waals surface area contributed by atoms with Crippen LogP contribution in [0.25, 0.3) is 5.65 Å². The van der Waals surface area contributed by atoms with E-state index < -0.39 is 24.1 Å². The van der Waals surface area contributed by atoms with Gasteiger partial charge >= 0.3 is 5.69 Å². The number of hydrogen-bond donors (Lipinski definition) is 2. The highest BCUT2D eigenvalue weighted by Gasteiger charge is 2.35. The van der Waals surface area contributed by atoms with Crippen LogP contribution in [0.15, 0.2) is 11.0 Å². The van der Waals surface area contributed by atoms with Crippen molar-refractivity contribution in [2.75, 3.05) is 6.61 Å². The third-order valence-corrected chi connectivity index (χ3v) is 3.25. The Bertz CT molecular complexity index is 665. The van der Waals surface area contributed by atoms with Gasteiger partial charge in [-0.15, -0.1) is 9.61 Å². The Kier molecular flexibility index (Phi) is 2.81. The van der Waals surface area contributed by atoms with E-state index in [1.807, 2.05) is 0 Å². The topological polar surface area (TPSA) is 115 Å². The summed E-state index contributed by atoms with van der Waals surface area (Å²) in [5, 5.41) is 29.6. The molecule has 3 rings (SSSR count). The van der Waals surface area contributed by atoms with Crippen molar-refractivity contribution in [2.24, 2.45) is 0 Å². The van der Waals surface area contributed by atoms with E-state index in [0.717, 1.165) is 10.1 Å². The van der Waals surface area contributed by atoms with Crippen LogP contribution in [-0.4, -0.2) is 53.6 Å². The van der Waals surface area contributed by atoms with Crippen molar-refractivity contribution in [3.63, 3.8) is 0 Å². The van der Waals surface area contributed by atoms with Crippen molar-refractivity contribution in [2.45, 2.75) is 31.8 Å². The highest BCUT2D eigenvalue weighted by molar-refractivity contribution is 5.42. The minimum atomic E-state index is -0.799. The van der Waals surface area contributed by atoms with Crippen LogP contribution in [0.1, 0.15) is 18.2 Å². The lowest BCUT2D eigenvalue weighted by atomic mass is 10.2. The van der Waals surface area contributed by atoms with Crippen molar-refractivity contribution in [3.8, 4) is 0 Å². The maximum atomic E-state index is 12.2. The molecule has 1 aliphatic heterocycles. The van der Waals surface area contributed by atoms with Crippen molar-refractivity contribution < 1.29 is 14.9 Å². The lowest BCUT2D eigenvalue weighted by Crippen LogP contribution is -2.31. The van der Waals surface area contributed by atoms with E-state index in [9.17, 15) is 9.90 Å². The van der Waals surface area contributed by atoms with Crippen LogP contribution in [0.4, 0.5) is 0 Å². The highest BCUT2D eigenvalue weighted by Crippen LogP contribution is 2.27. The van der Waals surface area contributed by atoms with Gasteiger partial charge in [-0.1, -0.05) is 0 Å². The predicted molar refractivity (Wildman–Crippen MR) is 61.4 cm³/mol. The van der Waals surface area contributed by atoms with Gasteiger partial charge in [0.2, 0.25) is 0 Å².